The highest BCUT2D eigenvalue weighted by atomic mass is 19.4. The van der Waals surface area contributed by atoms with Crippen molar-refractivity contribution in [3.63, 3.8) is 0 Å². The van der Waals surface area contributed by atoms with Crippen molar-refractivity contribution in [2.24, 2.45) is 0 Å². The normalized spacial score (nSPS) is 11.2. The number of nitrogens with zero attached hydrogens (tertiary/aromatic N) is 2. The molecule has 0 saturated heterocycles. The van der Waals surface area contributed by atoms with Crippen LogP contribution in [0.5, 0.6) is 0 Å². The van der Waals surface area contributed by atoms with E-state index in [-0.39, 0.29) is 11.4 Å². The van der Waals surface area contributed by atoms with Crippen LogP contribution in [0, 0.1) is 5.95 Å². The number of nitrogens with one attached hydrogen (secondary N) is 1. The van der Waals surface area contributed by atoms with Gasteiger partial charge in [-0.15, -0.1) is 0 Å². The number of aromatic nitrogens is 2. The number of rotatable bonds is 2. The molecule has 2 heterocycles. The van der Waals surface area contributed by atoms with E-state index in [0.717, 1.165) is 24.4 Å². The van der Waals surface area contributed by atoms with Crippen LogP contribution in [-0.2, 0) is 6.18 Å². The van der Waals surface area contributed by atoms with Crippen LogP contribution in [0.2, 0.25) is 0 Å². The average Bonchev–Trinajstić information content (AvgIpc) is 2.40. The summed E-state index contributed by atoms with van der Waals surface area (Å²) >= 11 is 0. The standard InChI is InChI=1S/C12H7F4N3O/c13-10-4-2-8(6-18-10)19-11(20)9-3-1-7(5-17-9)12(14,15)16/h1-6H,(H,19,20). The van der Waals surface area contributed by atoms with E-state index in [9.17, 15) is 22.4 Å². The SMILES string of the molecule is O=C(Nc1ccc(F)nc1)c1ccc(C(F)(F)F)cn1. The first-order valence-corrected chi connectivity index (χ1v) is 5.32. The Morgan fingerprint density at radius 1 is 1.05 bits per heavy atom. The minimum atomic E-state index is -4.51. The van der Waals surface area contributed by atoms with Crippen molar-refractivity contribution < 1.29 is 22.4 Å². The molecule has 0 aliphatic heterocycles. The minimum Gasteiger partial charge on any atom is -0.319 e. The molecule has 0 unspecified atom stereocenters. The van der Waals surface area contributed by atoms with Gasteiger partial charge < -0.3 is 5.32 Å². The topological polar surface area (TPSA) is 54.9 Å². The summed E-state index contributed by atoms with van der Waals surface area (Å²) in [5, 5.41) is 2.33. The molecule has 0 aromatic carbocycles. The van der Waals surface area contributed by atoms with E-state index < -0.39 is 23.6 Å². The Balaban J connectivity index is 2.11. The maximum Gasteiger partial charge on any atom is 0.417 e. The molecule has 0 atom stereocenters. The smallest absolute Gasteiger partial charge is 0.319 e. The lowest BCUT2D eigenvalue weighted by Crippen LogP contribution is -2.15. The van der Waals surface area contributed by atoms with E-state index in [2.05, 4.69) is 15.3 Å². The van der Waals surface area contributed by atoms with Gasteiger partial charge in [-0.3, -0.25) is 9.78 Å². The van der Waals surface area contributed by atoms with Crippen LogP contribution in [0.4, 0.5) is 23.2 Å². The number of carbonyl (C=O) groups excluding carboxylic acids is 1. The number of anilines is 1. The Morgan fingerprint density at radius 2 is 1.80 bits per heavy atom. The second kappa shape index (κ2) is 5.24. The molecule has 0 spiro atoms. The van der Waals surface area contributed by atoms with Crippen molar-refractivity contribution in [2.75, 3.05) is 5.32 Å². The summed E-state index contributed by atoms with van der Waals surface area (Å²) in [6.07, 6.45) is -2.86. The van der Waals surface area contributed by atoms with Crippen molar-refractivity contribution in [1.29, 1.82) is 0 Å². The largest absolute Gasteiger partial charge is 0.417 e. The molecule has 104 valence electrons. The van der Waals surface area contributed by atoms with E-state index in [1.165, 1.54) is 6.07 Å². The number of halogens is 4. The van der Waals surface area contributed by atoms with E-state index in [1.54, 1.807) is 0 Å². The fraction of sp³-hybridized carbons (Fsp3) is 0.0833. The second-order valence-corrected chi connectivity index (χ2v) is 3.75. The van der Waals surface area contributed by atoms with Gasteiger partial charge in [0, 0.05) is 6.20 Å². The Labute approximate surface area is 110 Å². The summed E-state index contributed by atoms with van der Waals surface area (Å²) < 4.78 is 49.5. The average molecular weight is 285 g/mol. The van der Waals surface area contributed by atoms with Crippen molar-refractivity contribution in [3.05, 3.63) is 53.9 Å². The summed E-state index contributed by atoms with van der Waals surface area (Å²) in [6.45, 7) is 0. The number of hydrogen-bond donors (Lipinski definition) is 1. The van der Waals surface area contributed by atoms with Crippen LogP contribution < -0.4 is 5.32 Å². The molecule has 20 heavy (non-hydrogen) atoms. The molecule has 8 heteroatoms. The molecule has 0 fully saturated rings. The summed E-state index contributed by atoms with van der Waals surface area (Å²) in [5.74, 6) is -1.43. The van der Waals surface area contributed by atoms with Crippen molar-refractivity contribution in [2.45, 2.75) is 6.18 Å². The third kappa shape index (κ3) is 3.28. The lowest BCUT2D eigenvalue weighted by atomic mass is 10.2. The van der Waals surface area contributed by atoms with Crippen LogP contribution in [0.3, 0.4) is 0 Å². The predicted molar refractivity (Wildman–Crippen MR) is 61.4 cm³/mol. The molecule has 2 aromatic rings. The highest BCUT2D eigenvalue weighted by Gasteiger charge is 2.30. The maximum absolute atomic E-state index is 12.6. The maximum atomic E-state index is 12.6. The Hall–Kier alpha value is -2.51. The van der Waals surface area contributed by atoms with Gasteiger partial charge in [0.2, 0.25) is 5.95 Å². The Kier molecular flexibility index (Phi) is 3.64. The molecule has 0 aliphatic carbocycles. The van der Waals surface area contributed by atoms with Crippen LogP contribution in [0.1, 0.15) is 16.1 Å². The summed E-state index contributed by atoms with van der Waals surface area (Å²) in [4.78, 5) is 18.4. The first-order chi connectivity index (χ1) is 9.36. The number of alkyl halides is 3. The van der Waals surface area contributed by atoms with Crippen LogP contribution in [-0.4, -0.2) is 15.9 Å². The minimum absolute atomic E-state index is 0.192. The van der Waals surface area contributed by atoms with Gasteiger partial charge in [0.1, 0.15) is 5.69 Å². The highest BCUT2D eigenvalue weighted by Crippen LogP contribution is 2.28. The van der Waals surface area contributed by atoms with Crippen LogP contribution in [0.25, 0.3) is 0 Å². The molecule has 2 rings (SSSR count). The van der Waals surface area contributed by atoms with E-state index in [4.69, 9.17) is 0 Å². The molecule has 4 nitrogen and oxygen atoms in total. The molecule has 0 saturated carbocycles. The third-order valence-electron chi connectivity index (χ3n) is 2.31. The second-order valence-electron chi connectivity index (χ2n) is 3.75. The molecular weight excluding hydrogens is 278 g/mol. The van der Waals surface area contributed by atoms with Gasteiger partial charge in [-0.2, -0.15) is 17.6 Å². The number of pyridine rings is 2. The van der Waals surface area contributed by atoms with Gasteiger partial charge in [-0.25, -0.2) is 4.98 Å². The monoisotopic (exact) mass is 285 g/mol. The molecule has 2 aromatic heterocycles. The van der Waals surface area contributed by atoms with Gasteiger partial charge in [-0.1, -0.05) is 0 Å². The zero-order chi connectivity index (χ0) is 14.8. The van der Waals surface area contributed by atoms with Crippen molar-refractivity contribution in [1.82, 2.24) is 9.97 Å². The predicted octanol–water partition coefficient (Wildman–Crippen LogP) is 2.89. The number of carbonyl (C=O) groups is 1. The molecule has 0 radical (unpaired) electrons. The number of hydrogen-bond acceptors (Lipinski definition) is 3. The van der Waals surface area contributed by atoms with E-state index in [0.29, 0.717) is 6.20 Å². The van der Waals surface area contributed by atoms with Gasteiger partial charge in [0.25, 0.3) is 5.91 Å². The van der Waals surface area contributed by atoms with E-state index in [1.807, 2.05) is 0 Å². The van der Waals surface area contributed by atoms with Gasteiger partial charge >= 0.3 is 6.18 Å². The van der Waals surface area contributed by atoms with Crippen LogP contribution in [0.15, 0.2) is 36.7 Å². The third-order valence-corrected chi connectivity index (χ3v) is 2.31. The molecule has 1 amide bonds. The molecule has 0 bridgehead atoms. The summed E-state index contributed by atoms with van der Waals surface area (Å²) in [7, 11) is 0. The zero-order valence-electron chi connectivity index (χ0n) is 9.78. The quantitative estimate of drug-likeness (QED) is 0.682. The fourth-order valence-electron chi connectivity index (χ4n) is 1.34. The van der Waals surface area contributed by atoms with Crippen molar-refractivity contribution >= 4 is 11.6 Å². The number of amides is 1. The van der Waals surface area contributed by atoms with Crippen molar-refractivity contribution in [3.8, 4) is 0 Å². The first kappa shape index (κ1) is 13.9. The molecule has 0 aliphatic rings. The summed E-state index contributed by atoms with van der Waals surface area (Å²) in [5.41, 5.74) is -0.932. The lowest BCUT2D eigenvalue weighted by Gasteiger charge is -2.07. The zero-order valence-corrected chi connectivity index (χ0v) is 9.78. The van der Waals surface area contributed by atoms with Gasteiger partial charge in [0.05, 0.1) is 17.4 Å². The Bertz CT molecular complexity index is 608. The fourth-order valence-corrected chi connectivity index (χ4v) is 1.34. The summed E-state index contributed by atoms with van der Waals surface area (Å²) in [6, 6.07) is 4.01. The van der Waals surface area contributed by atoms with E-state index >= 15 is 0 Å². The lowest BCUT2D eigenvalue weighted by molar-refractivity contribution is -0.137. The van der Waals surface area contributed by atoms with Gasteiger partial charge in [0.15, 0.2) is 0 Å². The van der Waals surface area contributed by atoms with Crippen LogP contribution >= 0.6 is 0 Å². The molecular formula is C12H7F4N3O. The Morgan fingerprint density at radius 3 is 2.30 bits per heavy atom. The first-order valence-electron chi connectivity index (χ1n) is 5.32. The highest BCUT2D eigenvalue weighted by molar-refractivity contribution is 6.02. The van der Waals surface area contributed by atoms with Gasteiger partial charge in [-0.05, 0) is 24.3 Å². The molecule has 1 N–H and O–H groups in total.